The van der Waals surface area contributed by atoms with Crippen LogP contribution in [0.5, 0.6) is 0 Å². The van der Waals surface area contributed by atoms with Crippen molar-refractivity contribution in [2.75, 3.05) is 20.1 Å². The Hall–Kier alpha value is -0.0800. The molecular weight excluding hydrogens is 220 g/mol. The summed E-state index contributed by atoms with van der Waals surface area (Å²) in [4.78, 5) is 2.62. The van der Waals surface area contributed by atoms with Gasteiger partial charge in [-0.05, 0) is 57.7 Å². The van der Waals surface area contributed by atoms with Gasteiger partial charge in [0.2, 0.25) is 0 Å². The van der Waals surface area contributed by atoms with Gasteiger partial charge >= 0.3 is 0 Å². The maximum Gasteiger partial charge on any atom is 0.0248 e. The van der Waals surface area contributed by atoms with Crippen LogP contribution in [0, 0.1) is 11.8 Å². The van der Waals surface area contributed by atoms with Crippen LogP contribution in [0.15, 0.2) is 0 Å². The zero-order valence-electron chi connectivity index (χ0n) is 13.2. The summed E-state index contributed by atoms with van der Waals surface area (Å²) in [6, 6.07) is 1.47. The summed E-state index contributed by atoms with van der Waals surface area (Å²) in [5, 5.41) is 3.71. The van der Waals surface area contributed by atoms with Gasteiger partial charge in [-0.3, -0.25) is 0 Å². The first kappa shape index (κ1) is 16.0. The lowest BCUT2D eigenvalue weighted by atomic mass is 9.80. The third-order valence-electron chi connectivity index (χ3n) is 4.59. The van der Waals surface area contributed by atoms with Crippen LogP contribution in [0.4, 0.5) is 0 Å². The van der Waals surface area contributed by atoms with Crippen molar-refractivity contribution in [1.29, 1.82) is 0 Å². The second-order valence-corrected chi connectivity index (χ2v) is 6.48. The minimum Gasteiger partial charge on any atom is -0.313 e. The van der Waals surface area contributed by atoms with Crippen molar-refractivity contribution in [3.8, 4) is 0 Å². The Morgan fingerprint density at radius 1 is 1.22 bits per heavy atom. The van der Waals surface area contributed by atoms with Crippen LogP contribution in [-0.2, 0) is 0 Å². The minimum atomic E-state index is 0.718. The first-order valence-corrected chi connectivity index (χ1v) is 8.02. The standard InChI is InChI=1S/C16H34N2/c1-6-14-8-9-15(17-7-2)16(12-14)18(5)11-10-13(3)4/h13-17H,6-12H2,1-5H3. The van der Waals surface area contributed by atoms with Gasteiger partial charge in [0.1, 0.15) is 0 Å². The molecule has 1 rings (SSSR count). The van der Waals surface area contributed by atoms with Crippen molar-refractivity contribution >= 4 is 0 Å². The predicted molar refractivity (Wildman–Crippen MR) is 81.0 cm³/mol. The van der Waals surface area contributed by atoms with E-state index < -0.39 is 0 Å². The van der Waals surface area contributed by atoms with Gasteiger partial charge in [0.05, 0.1) is 0 Å². The fourth-order valence-electron chi connectivity index (χ4n) is 3.22. The van der Waals surface area contributed by atoms with Gasteiger partial charge in [0.25, 0.3) is 0 Å². The molecule has 3 unspecified atom stereocenters. The average Bonchev–Trinajstić information content (AvgIpc) is 2.36. The number of nitrogens with zero attached hydrogens (tertiary/aromatic N) is 1. The Balaban J connectivity index is 2.53. The van der Waals surface area contributed by atoms with Crippen molar-refractivity contribution in [3.05, 3.63) is 0 Å². The molecule has 108 valence electrons. The van der Waals surface area contributed by atoms with Gasteiger partial charge in [-0.2, -0.15) is 0 Å². The van der Waals surface area contributed by atoms with Crippen LogP contribution in [0.25, 0.3) is 0 Å². The quantitative estimate of drug-likeness (QED) is 0.748. The zero-order valence-corrected chi connectivity index (χ0v) is 13.2. The molecule has 0 saturated heterocycles. The second kappa shape index (κ2) is 8.16. The molecule has 0 aromatic rings. The maximum absolute atomic E-state index is 3.71. The van der Waals surface area contributed by atoms with Gasteiger partial charge in [0.15, 0.2) is 0 Å². The fraction of sp³-hybridized carbons (Fsp3) is 1.00. The minimum absolute atomic E-state index is 0.718. The van der Waals surface area contributed by atoms with Gasteiger partial charge in [-0.1, -0.05) is 34.1 Å². The first-order valence-electron chi connectivity index (χ1n) is 8.02. The van der Waals surface area contributed by atoms with E-state index >= 15 is 0 Å². The molecule has 3 atom stereocenters. The lowest BCUT2D eigenvalue weighted by molar-refractivity contribution is 0.114. The van der Waals surface area contributed by atoms with E-state index in [0.717, 1.165) is 30.5 Å². The Bertz CT molecular complexity index is 215. The van der Waals surface area contributed by atoms with E-state index in [-0.39, 0.29) is 0 Å². The summed E-state index contributed by atoms with van der Waals surface area (Å²) < 4.78 is 0. The summed E-state index contributed by atoms with van der Waals surface area (Å²) in [6.07, 6.45) is 6.85. The van der Waals surface area contributed by atoms with Crippen molar-refractivity contribution in [1.82, 2.24) is 10.2 Å². The summed E-state index contributed by atoms with van der Waals surface area (Å²) in [5.41, 5.74) is 0. The average molecular weight is 254 g/mol. The van der Waals surface area contributed by atoms with Crippen LogP contribution < -0.4 is 5.32 Å². The summed E-state index contributed by atoms with van der Waals surface area (Å²) in [6.45, 7) is 11.6. The molecule has 0 heterocycles. The molecule has 18 heavy (non-hydrogen) atoms. The molecule has 2 heteroatoms. The third kappa shape index (κ3) is 4.89. The number of likely N-dealkylation sites (N-methyl/N-ethyl adjacent to an activating group) is 2. The van der Waals surface area contributed by atoms with Crippen LogP contribution in [0.1, 0.15) is 59.8 Å². The van der Waals surface area contributed by atoms with E-state index in [4.69, 9.17) is 0 Å². The van der Waals surface area contributed by atoms with Gasteiger partial charge < -0.3 is 10.2 Å². The van der Waals surface area contributed by atoms with E-state index in [1.807, 2.05) is 0 Å². The topological polar surface area (TPSA) is 15.3 Å². The Morgan fingerprint density at radius 2 is 1.94 bits per heavy atom. The second-order valence-electron chi connectivity index (χ2n) is 6.48. The van der Waals surface area contributed by atoms with E-state index in [2.05, 4.69) is 45.0 Å². The molecule has 0 aliphatic heterocycles. The lowest BCUT2D eigenvalue weighted by Gasteiger charge is -2.41. The molecule has 0 aromatic heterocycles. The van der Waals surface area contributed by atoms with Gasteiger partial charge in [0, 0.05) is 12.1 Å². The largest absolute Gasteiger partial charge is 0.313 e. The Morgan fingerprint density at radius 3 is 2.50 bits per heavy atom. The molecule has 0 amide bonds. The summed E-state index contributed by atoms with van der Waals surface area (Å²) in [7, 11) is 2.33. The van der Waals surface area contributed by atoms with Crippen LogP contribution in [0.3, 0.4) is 0 Å². The lowest BCUT2D eigenvalue weighted by Crippen LogP contribution is -2.52. The van der Waals surface area contributed by atoms with E-state index in [1.165, 1.54) is 38.6 Å². The number of rotatable bonds is 7. The van der Waals surface area contributed by atoms with E-state index in [0.29, 0.717) is 0 Å². The van der Waals surface area contributed by atoms with Crippen LogP contribution in [-0.4, -0.2) is 37.1 Å². The molecule has 1 saturated carbocycles. The normalized spacial score (nSPS) is 29.2. The highest BCUT2D eigenvalue weighted by Crippen LogP contribution is 2.29. The fourth-order valence-corrected chi connectivity index (χ4v) is 3.22. The number of hydrogen-bond donors (Lipinski definition) is 1. The predicted octanol–water partition coefficient (Wildman–Crippen LogP) is 3.52. The van der Waals surface area contributed by atoms with Gasteiger partial charge in [-0.25, -0.2) is 0 Å². The van der Waals surface area contributed by atoms with Crippen molar-refractivity contribution < 1.29 is 0 Å². The van der Waals surface area contributed by atoms with Crippen molar-refractivity contribution in [3.63, 3.8) is 0 Å². The van der Waals surface area contributed by atoms with E-state index in [9.17, 15) is 0 Å². The summed E-state index contributed by atoms with van der Waals surface area (Å²) >= 11 is 0. The smallest absolute Gasteiger partial charge is 0.0248 e. The number of hydrogen-bond acceptors (Lipinski definition) is 2. The monoisotopic (exact) mass is 254 g/mol. The molecule has 1 fully saturated rings. The molecular formula is C16H34N2. The maximum atomic E-state index is 3.71. The van der Waals surface area contributed by atoms with Gasteiger partial charge in [-0.15, -0.1) is 0 Å². The molecule has 0 aromatic carbocycles. The van der Waals surface area contributed by atoms with Crippen molar-refractivity contribution in [2.24, 2.45) is 11.8 Å². The van der Waals surface area contributed by atoms with Crippen LogP contribution in [0.2, 0.25) is 0 Å². The highest BCUT2D eigenvalue weighted by Gasteiger charge is 2.31. The Labute approximate surface area is 115 Å². The highest BCUT2D eigenvalue weighted by atomic mass is 15.2. The zero-order chi connectivity index (χ0) is 13.5. The Kier molecular flexibility index (Phi) is 7.25. The SMILES string of the molecule is CCNC1CCC(CC)CC1N(C)CCC(C)C. The molecule has 0 bridgehead atoms. The first-order chi connectivity index (χ1) is 8.58. The highest BCUT2D eigenvalue weighted by molar-refractivity contribution is 4.89. The molecule has 0 spiro atoms. The molecule has 1 aliphatic rings. The molecule has 1 aliphatic carbocycles. The molecule has 0 radical (unpaired) electrons. The summed E-state index contributed by atoms with van der Waals surface area (Å²) in [5.74, 6) is 1.77. The van der Waals surface area contributed by atoms with Crippen molar-refractivity contribution in [2.45, 2.75) is 71.9 Å². The molecule has 2 nitrogen and oxygen atoms in total. The van der Waals surface area contributed by atoms with E-state index in [1.54, 1.807) is 0 Å². The number of nitrogens with one attached hydrogen (secondary N) is 1. The van der Waals surface area contributed by atoms with Crippen LogP contribution >= 0.6 is 0 Å². The third-order valence-corrected chi connectivity index (χ3v) is 4.59. The molecule has 1 N–H and O–H groups in total.